The third kappa shape index (κ3) is 2.44. The van der Waals surface area contributed by atoms with Crippen LogP contribution in [0.4, 0.5) is 4.39 Å². The van der Waals surface area contributed by atoms with Gasteiger partial charge >= 0.3 is 0 Å². The fourth-order valence-electron chi connectivity index (χ4n) is 0.895. The molecule has 1 fully saturated rings. The van der Waals surface area contributed by atoms with E-state index in [9.17, 15) is 17.6 Å². The Morgan fingerprint density at radius 3 is 2.42 bits per heavy atom. The molecule has 70 valence electrons. The third-order valence-corrected chi connectivity index (χ3v) is 2.33. The molecule has 12 heavy (non-hydrogen) atoms. The molecule has 0 radical (unpaired) electrons. The van der Waals surface area contributed by atoms with E-state index >= 15 is 0 Å². The molecule has 0 aromatic heterocycles. The van der Waals surface area contributed by atoms with Crippen molar-refractivity contribution < 1.29 is 17.6 Å². The summed E-state index contributed by atoms with van der Waals surface area (Å²) in [6.45, 7) is -0.617. The second kappa shape index (κ2) is 3.38. The molecule has 0 unspecified atom stereocenters. The average molecular weight is 195 g/mol. The van der Waals surface area contributed by atoms with Gasteiger partial charge in [0.1, 0.15) is 23.1 Å². The van der Waals surface area contributed by atoms with E-state index in [0.29, 0.717) is 12.8 Å². The summed E-state index contributed by atoms with van der Waals surface area (Å²) in [6.07, 6.45) is 1.20. The van der Waals surface area contributed by atoms with Gasteiger partial charge in [-0.1, -0.05) is 0 Å². The molecule has 1 saturated carbocycles. The Morgan fingerprint density at radius 2 is 2.08 bits per heavy atom. The molecule has 0 aromatic rings. The van der Waals surface area contributed by atoms with Crippen molar-refractivity contribution >= 4 is 16.6 Å². The first-order valence-electron chi connectivity index (χ1n) is 3.57. The zero-order valence-electron chi connectivity index (χ0n) is 6.38. The van der Waals surface area contributed by atoms with E-state index in [2.05, 4.69) is 5.32 Å². The van der Waals surface area contributed by atoms with Crippen molar-refractivity contribution in [3.63, 3.8) is 0 Å². The zero-order valence-corrected chi connectivity index (χ0v) is 7.27. The highest BCUT2D eigenvalue weighted by molar-refractivity contribution is 7.73. The highest BCUT2D eigenvalue weighted by Gasteiger charge is 2.44. The highest BCUT2D eigenvalue weighted by atomic mass is 32.2. The standard InChI is InChI=1S/C6H10FNO3S/c7-4-6(1-2-6)8-5(9)3-12(10)11/h12H,1-4H2,(H,8,9). The second-order valence-corrected chi connectivity index (χ2v) is 3.93. The molecule has 1 amide bonds. The fraction of sp³-hybridized carbons (Fsp3) is 0.833. The molecule has 6 heteroatoms. The molecule has 1 aliphatic rings. The van der Waals surface area contributed by atoms with Crippen LogP contribution in [0.2, 0.25) is 0 Å². The first-order valence-corrected chi connectivity index (χ1v) is 4.93. The smallest absolute Gasteiger partial charge is 0.235 e. The Bertz CT molecular complexity index is 252. The molecule has 0 aliphatic heterocycles. The van der Waals surface area contributed by atoms with Gasteiger partial charge in [0.05, 0.1) is 5.54 Å². The number of rotatable bonds is 4. The number of alkyl halides is 1. The molecule has 1 rings (SSSR count). The maximum Gasteiger partial charge on any atom is 0.235 e. The minimum Gasteiger partial charge on any atom is -0.347 e. The van der Waals surface area contributed by atoms with Crippen molar-refractivity contribution in [1.82, 2.24) is 5.32 Å². The molecule has 0 saturated heterocycles. The number of hydrogen-bond acceptors (Lipinski definition) is 3. The third-order valence-electron chi connectivity index (χ3n) is 1.79. The van der Waals surface area contributed by atoms with E-state index in [1.807, 2.05) is 0 Å². The van der Waals surface area contributed by atoms with Crippen LogP contribution < -0.4 is 5.32 Å². The number of nitrogens with one attached hydrogen (secondary N) is 1. The SMILES string of the molecule is O=C(C[SH](=O)=O)NC1(CF)CC1. The van der Waals surface area contributed by atoms with Gasteiger partial charge in [0.15, 0.2) is 0 Å². The lowest BCUT2D eigenvalue weighted by Crippen LogP contribution is -2.40. The molecular formula is C6H10FNO3S. The van der Waals surface area contributed by atoms with Crippen molar-refractivity contribution in [1.29, 1.82) is 0 Å². The van der Waals surface area contributed by atoms with Crippen molar-refractivity contribution in [2.24, 2.45) is 0 Å². The van der Waals surface area contributed by atoms with Crippen molar-refractivity contribution in [2.75, 3.05) is 12.4 Å². The Hall–Kier alpha value is -0.650. The van der Waals surface area contributed by atoms with Crippen LogP contribution in [0.15, 0.2) is 0 Å². The first-order chi connectivity index (χ1) is 5.58. The van der Waals surface area contributed by atoms with Crippen molar-refractivity contribution in [3.8, 4) is 0 Å². The minimum absolute atomic E-state index is 0.545. The topological polar surface area (TPSA) is 63.2 Å². The quantitative estimate of drug-likeness (QED) is 0.578. The number of hydrogen-bond donors (Lipinski definition) is 2. The summed E-state index contributed by atoms with van der Waals surface area (Å²) in [4.78, 5) is 10.8. The van der Waals surface area contributed by atoms with Gasteiger partial charge in [0.25, 0.3) is 0 Å². The average Bonchev–Trinajstić information content (AvgIpc) is 2.67. The zero-order chi connectivity index (χ0) is 9.19. The van der Waals surface area contributed by atoms with Crippen LogP contribution in [0.5, 0.6) is 0 Å². The largest absolute Gasteiger partial charge is 0.347 e. The number of halogens is 1. The lowest BCUT2D eigenvalue weighted by Gasteiger charge is -2.10. The van der Waals surface area contributed by atoms with Crippen molar-refractivity contribution in [2.45, 2.75) is 18.4 Å². The van der Waals surface area contributed by atoms with Crippen molar-refractivity contribution in [3.05, 3.63) is 0 Å². The van der Waals surface area contributed by atoms with Crippen LogP contribution in [0.3, 0.4) is 0 Å². The summed E-state index contributed by atoms with van der Waals surface area (Å²) in [5.74, 6) is -1.15. The molecule has 0 atom stereocenters. The van der Waals surface area contributed by atoms with Crippen LogP contribution in [-0.2, 0) is 15.5 Å². The van der Waals surface area contributed by atoms with Gasteiger partial charge in [-0.05, 0) is 12.8 Å². The second-order valence-electron chi connectivity index (χ2n) is 2.95. The normalized spacial score (nSPS) is 19.2. The van der Waals surface area contributed by atoms with Gasteiger partial charge in [-0.25, -0.2) is 12.8 Å². The van der Waals surface area contributed by atoms with Crippen LogP contribution in [0.25, 0.3) is 0 Å². The molecule has 1 aliphatic carbocycles. The van der Waals surface area contributed by atoms with Gasteiger partial charge in [-0.2, -0.15) is 0 Å². The summed E-state index contributed by atoms with van der Waals surface area (Å²) >= 11 is 0. The molecule has 0 spiro atoms. The van der Waals surface area contributed by atoms with Gasteiger partial charge in [-0.15, -0.1) is 0 Å². The number of carbonyl (C=O) groups is 1. The minimum atomic E-state index is -2.70. The molecule has 4 nitrogen and oxygen atoms in total. The summed E-state index contributed by atoms with van der Waals surface area (Å²) in [7, 11) is -2.70. The van der Waals surface area contributed by atoms with Gasteiger partial charge in [-0.3, -0.25) is 4.79 Å². The van der Waals surface area contributed by atoms with E-state index in [-0.39, 0.29) is 0 Å². The van der Waals surface area contributed by atoms with Crippen LogP contribution in [-0.4, -0.2) is 32.3 Å². The lowest BCUT2D eigenvalue weighted by molar-refractivity contribution is -0.119. The van der Waals surface area contributed by atoms with Gasteiger partial charge in [0.2, 0.25) is 5.91 Å². The number of amides is 1. The lowest BCUT2D eigenvalue weighted by atomic mass is 10.3. The predicted octanol–water partition coefficient (Wildman–Crippen LogP) is -0.784. The van der Waals surface area contributed by atoms with Crippen LogP contribution in [0, 0.1) is 0 Å². The molecule has 1 N–H and O–H groups in total. The summed E-state index contributed by atoms with van der Waals surface area (Å²) in [5.41, 5.74) is -0.734. The summed E-state index contributed by atoms with van der Waals surface area (Å²) in [6, 6.07) is 0. The van der Waals surface area contributed by atoms with E-state index < -0.39 is 34.6 Å². The molecular weight excluding hydrogens is 185 g/mol. The highest BCUT2D eigenvalue weighted by Crippen LogP contribution is 2.35. The number of carbonyl (C=O) groups excluding carboxylic acids is 1. The first kappa shape index (κ1) is 9.44. The predicted molar refractivity (Wildman–Crippen MR) is 41.3 cm³/mol. The Kier molecular flexibility index (Phi) is 2.66. The Labute approximate surface area is 71.1 Å². The van der Waals surface area contributed by atoms with E-state index in [0.717, 1.165) is 0 Å². The molecule has 0 heterocycles. The molecule has 0 bridgehead atoms. The summed E-state index contributed by atoms with van der Waals surface area (Å²) < 4.78 is 32.3. The van der Waals surface area contributed by atoms with Gasteiger partial charge < -0.3 is 5.32 Å². The van der Waals surface area contributed by atoms with E-state index in [4.69, 9.17) is 0 Å². The molecule has 0 aromatic carbocycles. The van der Waals surface area contributed by atoms with Crippen LogP contribution in [0.1, 0.15) is 12.8 Å². The van der Waals surface area contributed by atoms with E-state index in [1.54, 1.807) is 0 Å². The van der Waals surface area contributed by atoms with Crippen LogP contribution >= 0.6 is 0 Å². The maximum atomic E-state index is 12.2. The Balaban J connectivity index is 2.36. The number of thiol groups is 1. The monoisotopic (exact) mass is 195 g/mol. The summed E-state index contributed by atoms with van der Waals surface area (Å²) in [5, 5.41) is 2.35. The Morgan fingerprint density at radius 1 is 1.50 bits per heavy atom. The fourth-order valence-corrected chi connectivity index (χ4v) is 1.21. The van der Waals surface area contributed by atoms with Gasteiger partial charge in [0, 0.05) is 0 Å². The maximum absolute atomic E-state index is 12.2. The van der Waals surface area contributed by atoms with E-state index in [1.165, 1.54) is 0 Å².